The minimum absolute atomic E-state index is 0.0143. The van der Waals surface area contributed by atoms with Crippen molar-refractivity contribution < 1.29 is 30.8 Å². The molecule has 0 saturated heterocycles. The van der Waals surface area contributed by atoms with Crippen molar-refractivity contribution in [3.8, 4) is 11.8 Å². The molecular formula is C27H23F4N5O4S2. The van der Waals surface area contributed by atoms with Gasteiger partial charge in [0.1, 0.15) is 16.3 Å². The number of halogens is 4. The average molecular weight is 622 g/mol. The highest BCUT2D eigenvalue weighted by atomic mass is 32.2. The van der Waals surface area contributed by atoms with Crippen molar-refractivity contribution >= 4 is 37.4 Å². The van der Waals surface area contributed by atoms with Gasteiger partial charge in [-0.25, -0.2) is 22.8 Å². The molecule has 4 aromatic rings. The third-order valence-electron chi connectivity index (χ3n) is 6.59. The summed E-state index contributed by atoms with van der Waals surface area (Å²) in [5.74, 6) is -2.93. The van der Waals surface area contributed by atoms with Crippen molar-refractivity contribution in [2.24, 2.45) is 0 Å². The van der Waals surface area contributed by atoms with E-state index in [4.69, 9.17) is 0 Å². The van der Waals surface area contributed by atoms with Crippen LogP contribution in [-0.4, -0.2) is 51.8 Å². The Hall–Kier alpha value is -4.16. The molecule has 0 aliphatic carbocycles. The number of aromatic nitrogens is 3. The van der Waals surface area contributed by atoms with Gasteiger partial charge >= 0.3 is 6.18 Å². The molecular weight excluding hydrogens is 598 g/mol. The Bertz CT molecular complexity index is 1850. The van der Waals surface area contributed by atoms with Gasteiger partial charge in [-0.05, 0) is 48.9 Å². The van der Waals surface area contributed by atoms with Crippen molar-refractivity contribution in [3.63, 3.8) is 0 Å². The number of carbonyl (C=O) groups is 1. The number of thiazole rings is 1. The highest BCUT2D eigenvalue weighted by molar-refractivity contribution is 7.91. The first-order valence-corrected chi connectivity index (χ1v) is 15.2. The second-order valence-corrected chi connectivity index (χ2v) is 12.6. The fraction of sp³-hybridized carbons (Fsp3) is 0.296. The van der Waals surface area contributed by atoms with E-state index >= 15 is 0 Å². The molecule has 220 valence electrons. The normalized spacial score (nSPS) is 12.7. The Balaban J connectivity index is 1.82. The number of nitriles is 1. The van der Waals surface area contributed by atoms with Crippen LogP contribution < -0.4 is 5.56 Å². The minimum Gasteiger partial charge on any atom is -0.331 e. The summed E-state index contributed by atoms with van der Waals surface area (Å²) >= 11 is 1.05. The minimum atomic E-state index is -4.99. The monoisotopic (exact) mass is 621 g/mol. The lowest BCUT2D eigenvalue weighted by Gasteiger charge is -2.30. The van der Waals surface area contributed by atoms with E-state index in [0.717, 1.165) is 22.3 Å². The predicted octanol–water partition coefficient (Wildman–Crippen LogP) is 4.44. The maximum absolute atomic E-state index is 13.8. The van der Waals surface area contributed by atoms with Crippen LogP contribution in [0.2, 0.25) is 0 Å². The van der Waals surface area contributed by atoms with E-state index < -0.39 is 57.1 Å². The summed E-state index contributed by atoms with van der Waals surface area (Å²) in [6.07, 6.45) is -5.60. The van der Waals surface area contributed by atoms with Crippen LogP contribution in [0.3, 0.4) is 0 Å². The number of fused-ring (bicyclic) bond motifs is 1. The summed E-state index contributed by atoms with van der Waals surface area (Å²) in [4.78, 5) is 36.9. The van der Waals surface area contributed by atoms with Gasteiger partial charge in [0.25, 0.3) is 5.56 Å². The van der Waals surface area contributed by atoms with Crippen LogP contribution in [0.15, 0.2) is 52.8 Å². The highest BCUT2D eigenvalue weighted by Crippen LogP contribution is 2.32. The molecule has 2 heterocycles. The first-order chi connectivity index (χ1) is 19.8. The van der Waals surface area contributed by atoms with Gasteiger partial charge in [-0.2, -0.15) is 18.4 Å². The Labute approximate surface area is 241 Å². The molecule has 42 heavy (non-hydrogen) atoms. The molecule has 0 unspecified atom stereocenters. The van der Waals surface area contributed by atoms with E-state index in [1.165, 1.54) is 48.2 Å². The molecule has 9 nitrogen and oxygen atoms in total. The first-order valence-electron chi connectivity index (χ1n) is 12.5. The number of rotatable bonds is 9. The summed E-state index contributed by atoms with van der Waals surface area (Å²) in [6, 6.07) is 9.08. The van der Waals surface area contributed by atoms with Crippen LogP contribution in [0.1, 0.15) is 42.4 Å². The summed E-state index contributed by atoms with van der Waals surface area (Å²) in [6.45, 7) is 2.58. The molecule has 0 N–H and O–H groups in total. The van der Waals surface area contributed by atoms with E-state index in [1.807, 2.05) is 6.07 Å². The van der Waals surface area contributed by atoms with E-state index in [-0.39, 0.29) is 34.0 Å². The van der Waals surface area contributed by atoms with Crippen molar-refractivity contribution in [3.05, 3.63) is 86.7 Å². The summed E-state index contributed by atoms with van der Waals surface area (Å²) < 4.78 is 79.9. The van der Waals surface area contributed by atoms with Gasteiger partial charge in [0.05, 0.1) is 46.6 Å². The lowest BCUT2D eigenvalue weighted by Crippen LogP contribution is -2.41. The lowest BCUT2D eigenvalue weighted by atomic mass is 10.1. The molecule has 0 spiro atoms. The average Bonchev–Trinajstić information content (AvgIpc) is 3.43. The number of benzene rings is 2. The Morgan fingerprint density at radius 2 is 1.88 bits per heavy atom. The summed E-state index contributed by atoms with van der Waals surface area (Å²) in [5, 5.41) is 9.17. The van der Waals surface area contributed by atoms with Crippen LogP contribution in [0.25, 0.3) is 16.0 Å². The molecule has 1 amide bonds. The molecule has 0 aliphatic rings. The number of hydrogen-bond acceptors (Lipinski definition) is 8. The van der Waals surface area contributed by atoms with Gasteiger partial charge in [0, 0.05) is 12.3 Å². The van der Waals surface area contributed by atoms with Crippen molar-refractivity contribution in [1.82, 2.24) is 19.4 Å². The van der Waals surface area contributed by atoms with Crippen molar-refractivity contribution in [1.29, 1.82) is 5.26 Å². The number of sulfone groups is 1. The molecule has 1 atom stereocenters. The fourth-order valence-electron chi connectivity index (χ4n) is 4.28. The maximum atomic E-state index is 13.8. The number of alkyl halides is 3. The number of amides is 1. The first kappa shape index (κ1) is 30.8. The fourth-order valence-corrected chi connectivity index (χ4v) is 5.69. The van der Waals surface area contributed by atoms with E-state index in [9.17, 15) is 40.8 Å². The molecule has 0 saturated carbocycles. The summed E-state index contributed by atoms with van der Waals surface area (Å²) in [5.41, 5.74) is -0.0457. The van der Waals surface area contributed by atoms with Crippen LogP contribution in [0, 0.1) is 17.1 Å². The van der Waals surface area contributed by atoms with Crippen LogP contribution >= 0.6 is 11.3 Å². The summed E-state index contributed by atoms with van der Waals surface area (Å²) in [7, 11) is -3.59. The molecule has 4 rings (SSSR count). The number of nitrogens with zero attached hydrogens (tertiary/aromatic N) is 5. The second kappa shape index (κ2) is 12.0. The SMILES string of the molecule is CCS(=O)(=O)CCN(C(=O)Cc1ccc(F)c(C(F)(F)F)c1)[C@H](C)c1nc2ncsc2c(=O)n1-c1ccc(C#N)cc1. The zero-order valence-electron chi connectivity index (χ0n) is 22.2. The molecule has 2 aromatic heterocycles. The van der Waals surface area contributed by atoms with E-state index in [2.05, 4.69) is 9.97 Å². The van der Waals surface area contributed by atoms with E-state index in [0.29, 0.717) is 23.4 Å². The topological polar surface area (TPSA) is 126 Å². The predicted molar refractivity (Wildman–Crippen MR) is 147 cm³/mol. The van der Waals surface area contributed by atoms with Gasteiger partial charge in [-0.15, -0.1) is 11.3 Å². The molecule has 0 aliphatic heterocycles. The van der Waals surface area contributed by atoms with Gasteiger partial charge < -0.3 is 4.90 Å². The molecule has 0 radical (unpaired) electrons. The van der Waals surface area contributed by atoms with Gasteiger partial charge in [-0.3, -0.25) is 14.2 Å². The van der Waals surface area contributed by atoms with Gasteiger partial charge in [0.2, 0.25) is 5.91 Å². The zero-order valence-corrected chi connectivity index (χ0v) is 23.9. The second-order valence-electron chi connectivity index (χ2n) is 9.26. The number of hydrogen-bond donors (Lipinski definition) is 0. The number of carbonyl (C=O) groups excluding carboxylic acids is 1. The molecule has 0 fully saturated rings. The maximum Gasteiger partial charge on any atom is 0.419 e. The largest absolute Gasteiger partial charge is 0.419 e. The quantitative estimate of drug-likeness (QED) is 0.253. The van der Waals surface area contributed by atoms with E-state index in [1.54, 1.807) is 0 Å². The molecule has 15 heteroatoms. The van der Waals surface area contributed by atoms with Crippen LogP contribution in [-0.2, 0) is 27.2 Å². The standard InChI is InChI=1S/C27H23F4N5O4S2/c1-3-42(39,40)11-10-35(22(37)13-18-6-9-21(28)20(12-18)27(29,30)31)16(2)25-34-24-23(41-15-33-24)26(38)36(25)19-7-4-17(14-32)5-8-19/h4-9,12,15-16H,3,10-11,13H2,1-2H3/t16-/m1/s1. The molecule has 0 bridgehead atoms. The van der Waals surface area contributed by atoms with Crippen LogP contribution in [0.5, 0.6) is 0 Å². The Morgan fingerprint density at radius 3 is 2.50 bits per heavy atom. The van der Waals surface area contributed by atoms with Crippen molar-refractivity contribution in [2.75, 3.05) is 18.1 Å². The Kier molecular flexibility index (Phi) is 8.79. The van der Waals surface area contributed by atoms with Gasteiger partial charge in [-0.1, -0.05) is 13.0 Å². The van der Waals surface area contributed by atoms with Gasteiger partial charge in [0.15, 0.2) is 15.5 Å². The smallest absolute Gasteiger partial charge is 0.331 e. The van der Waals surface area contributed by atoms with Crippen molar-refractivity contribution in [2.45, 2.75) is 32.5 Å². The zero-order chi connectivity index (χ0) is 30.8. The lowest BCUT2D eigenvalue weighted by molar-refractivity contribution is -0.140. The van der Waals surface area contributed by atoms with Crippen LogP contribution in [0.4, 0.5) is 17.6 Å². The third-order valence-corrected chi connectivity index (χ3v) is 9.07. The highest BCUT2D eigenvalue weighted by Gasteiger charge is 2.35. The third kappa shape index (κ3) is 6.50. The molecule has 2 aromatic carbocycles. The Morgan fingerprint density at radius 1 is 1.19 bits per heavy atom.